The van der Waals surface area contributed by atoms with Gasteiger partial charge in [0.05, 0.1) is 5.69 Å². The zero-order chi connectivity index (χ0) is 21.8. The van der Waals surface area contributed by atoms with Gasteiger partial charge in [-0.1, -0.05) is 0 Å². The summed E-state index contributed by atoms with van der Waals surface area (Å²) in [6, 6.07) is 4.67. The average Bonchev–Trinajstić information content (AvgIpc) is 3.16. The summed E-state index contributed by atoms with van der Waals surface area (Å²) in [5.41, 5.74) is 4.03. The Kier molecular flexibility index (Phi) is 4.71. The number of nitrogens with one attached hydrogen (secondary N) is 1. The number of pyridine rings is 1. The van der Waals surface area contributed by atoms with Crippen LogP contribution in [-0.4, -0.2) is 42.0 Å². The van der Waals surface area contributed by atoms with Gasteiger partial charge in [0, 0.05) is 62.5 Å². The number of hydrogen-bond acceptors (Lipinski definition) is 5. The summed E-state index contributed by atoms with van der Waals surface area (Å²) in [4.78, 5) is 20.0. The number of aryl methyl sites for hydroxylation is 1. The molecule has 9 heteroatoms. The Hall–Kier alpha value is -2.97. The van der Waals surface area contributed by atoms with Gasteiger partial charge in [0.25, 0.3) is 0 Å². The van der Waals surface area contributed by atoms with Gasteiger partial charge in [-0.15, -0.1) is 0 Å². The molecule has 0 atom stereocenters. The number of carbonyl (C=O) groups excluding carboxylic acids is 1. The minimum Gasteiger partial charge on any atom is -0.490 e. The maximum atomic E-state index is 12.9. The zero-order valence-electron chi connectivity index (χ0n) is 17.1. The molecular formula is C22H23F3N4O2. The monoisotopic (exact) mass is 432 g/mol. The van der Waals surface area contributed by atoms with Crippen LogP contribution in [0, 0.1) is 12.8 Å². The second kappa shape index (κ2) is 7.32. The van der Waals surface area contributed by atoms with E-state index in [2.05, 4.69) is 10.3 Å². The number of hydrogen-bond donors (Lipinski definition) is 1. The van der Waals surface area contributed by atoms with Gasteiger partial charge in [-0.3, -0.25) is 9.78 Å². The molecule has 1 aromatic carbocycles. The van der Waals surface area contributed by atoms with Crippen molar-refractivity contribution in [2.45, 2.75) is 32.6 Å². The van der Waals surface area contributed by atoms with Crippen LogP contribution in [0.25, 0.3) is 0 Å². The topological polar surface area (TPSA) is 57.7 Å². The van der Waals surface area contributed by atoms with Crippen LogP contribution in [0.2, 0.25) is 0 Å². The van der Waals surface area contributed by atoms with Crippen LogP contribution in [0.1, 0.15) is 28.8 Å². The van der Waals surface area contributed by atoms with E-state index < -0.39 is 11.9 Å². The minimum atomic E-state index is -4.46. The van der Waals surface area contributed by atoms with Gasteiger partial charge in [-0.05, 0) is 36.2 Å². The summed E-state index contributed by atoms with van der Waals surface area (Å²) in [7, 11) is 0. The van der Waals surface area contributed by atoms with Crippen molar-refractivity contribution in [1.82, 2.24) is 9.88 Å². The summed E-state index contributed by atoms with van der Waals surface area (Å²) in [5, 5.41) is 3.40. The molecule has 0 spiro atoms. The summed E-state index contributed by atoms with van der Waals surface area (Å²) < 4.78 is 44.4. The van der Waals surface area contributed by atoms with Crippen molar-refractivity contribution in [3.8, 4) is 5.75 Å². The minimum absolute atomic E-state index is 0.0800. The third-order valence-corrected chi connectivity index (χ3v) is 6.27. The number of rotatable bonds is 3. The fraction of sp³-hybridized carbons (Fsp3) is 0.455. The smallest absolute Gasteiger partial charge is 0.433 e. The third kappa shape index (κ3) is 3.66. The Labute approximate surface area is 178 Å². The van der Waals surface area contributed by atoms with E-state index in [9.17, 15) is 18.0 Å². The van der Waals surface area contributed by atoms with E-state index >= 15 is 0 Å². The SMILES string of the molecule is Cc1cc2c(c3c1CN(C(=O)CC1CN(c4ccnc(C(F)(F)F)c4)C1)C3)NCCO2. The van der Waals surface area contributed by atoms with E-state index in [1.165, 1.54) is 11.8 Å². The lowest BCUT2D eigenvalue weighted by atomic mass is 9.95. The molecule has 1 N–H and O–H groups in total. The number of amides is 1. The number of alkyl halides is 3. The molecule has 31 heavy (non-hydrogen) atoms. The van der Waals surface area contributed by atoms with Gasteiger partial charge in [0.1, 0.15) is 18.1 Å². The van der Waals surface area contributed by atoms with E-state index in [0.29, 0.717) is 44.9 Å². The van der Waals surface area contributed by atoms with Crippen LogP contribution in [0.3, 0.4) is 0 Å². The number of aromatic nitrogens is 1. The van der Waals surface area contributed by atoms with Crippen LogP contribution < -0.4 is 15.0 Å². The van der Waals surface area contributed by atoms with Gasteiger partial charge in [0.2, 0.25) is 5.91 Å². The molecule has 3 aliphatic heterocycles. The fourth-order valence-electron chi connectivity index (χ4n) is 4.60. The van der Waals surface area contributed by atoms with E-state index in [0.717, 1.165) is 35.2 Å². The number of ether oxygens (including phenoxy) is 1. The first-order chi connectivity index (χ1) is 14.8. The highest BCUT2D eigenvalue weighted by atomic mass is 19.4. The predicted octanol–water partition coefficient (Wildman–Crippen LogP) is 3.58. The lowest BCUT2D eigenvalue weighted by Gasteiger charge is -2.41. The standard InChI is InChI=1S/C22H23F3N4O2/c1-13-6-18-21(27-4-5-31-18)17-12-29(11-16(13)17)20(30)7-14-9-28(10-14)15-2-3-26-19(8-15)22(23,24)25/h2-3,6,8,14,27H,4-5,7,9-12H2,1H3. The highest BCUT2D eigenvalue weighted by molar-refractivity contribution is 5.79. The first-order valence-corrected chi connectivity index (χ1v) is 10.4. The number of carbonyl (C=O) groups is 1. The van der Waals surface area contributed by atoms with Crippen molar-refractivity contribution in [3.63, 3.8) is 0 Å². The lowest BCUT2D eigenvalue weighted by Crippen LogP contribution is -2.48. The fourth-order valence-corrected chi connectivity index (χ4v) is 4.60. The Morgan fingerprint density at radius 3 is 2.81 bits per heavy atom. The van der Waals surface area contributed by atoms with Crippen molar-refractivity contribution >= 4 is 17.3 Å². The van der Waals surface area contributed by atoms with Crippen LogP contribution in [0.4, 0.5) is 24.5 Å². The predicted molar refractivity (Wildman–Crippen MR) is 109 cm³/mol. The number of halogens is 3. The molecule has 1 amide bonds. The van der Waals surface area contributed by atoms with Crippen LogP contribution in [0.5, 0.6) is 5.75 Å². The van der Waals surface area contributed by atoms with Gasteiger partial charge in [0.15, 0.2) is 0 Å². The lowest BCUT2D eigenvalue weighted by molar-refractivity contribution is -0.141. The van der Waals surface area contributed by atoms with Crippen molar-refractivity contribution in [1.29, 1.82) is 0 Å². The molecule has 0 bridgehead atoms. The molecule has 2 aromatic rings. The normalized spacial score (nSPS) is 18.1. The highest BCUT2D eigenvalue weighted by Gasteiger charge is 2.36. The second-order valence-corrected chi connectivity index (χ2v) is 8.42. The van der Waals surface area contributed by atoms with E-state index in [-0.39, 0.29) is 11.8 Å². The molecule has 164 valence electrons. The van der Waals surface area contributed by atoms with Crippen LogP contribution in [-0.2, 0) is 24.1 Å². The summed E-state index contributed by atoms with van der Waals surface area (Å²) in [5.74, 6) is 1.06. The first kappa shape index (κ1) is 20.0. The molecule has 1 aromatic heterocycles. The molecule has 1 fully saturated rings. The quantitative estimate of drug-likeness (QED) is 0.804. The number of nitrogens with zero attached hydrogens (tertiary/aromatic N) is 3. The molecule has 6 nitrogen and oxygen atoms in total. The number of anilines is 2. The first-order valence-electron chi connectivity index (χ1n) is 10.4. The molecule has 0 aliphatic carbocycles. The van der Waals surface area contributed by atoms with E-state index in [1.54, 1.807) is 6.07 Å². The Balaban J connectivity index is 1.20. The molecule has 1 saturated heterocycles. The Morgan fingerprint density at radius 1 is 1.26 bits per heavy atom. The highest BCUT2D eigenvalue weighted by Crippen LogP contribution is 2.41. The second-order valence-electron chi connectivity index (χ2n) is 8.42. The Bertz CT molecular complexity index is 1030. The average molecular weight is 432 g/mol. The summed E-state index contributed by atoms with van der Waals surface area (Å²) in [6.07, 6.45) is -2.88. The molecule has 0 radical (unpaired) electrons. The number of benzene rings is 1. The zero-order valence-corrected chi connectivity index (χ0v) is 17.1. The Morgan fingerprint density at radius 2 is 2.03 bits per heavy atom. The maximum absolute atomic E-state index is 12.9. The molecule has 5 rings (SSSR count). The van der Waals surface area contributed by atoms with Gasteiger partial charge in [-0.2, -0.15) is 13.2 Å². The van der Waals surface area contributed by atoms with E-state index in [4.69, 9.17) is 4.74 Å². The van der Waals surface area contributed by atoms with Crippen molar-refractivity contribution in [2.75, 3.05) is 36.5 Å². The van der Waals surface area contributed by atoms with Crippen LogP contribution >= 0.6 is 0 Å². The third-order valence-electron chi connectivity index (χ3n) is 6.27. The van der Waals surface area contributed by atoms with Gasteiger partial charge >= 0.3 is 6.18 Å². The van der Waals surface area contributed by atoms with E-state index in [1.807, 2.05) is 22.8 Å². The molecule has 0 unspecified atom stereocenters. The van der Waals surface area contributed by atoms with Crippen molar-refractivity contribution in [3.05, 3.63) is 46.8 Å². The molecular weight excluding hydrogens is 409 g/mol. The van der Waals surface area contributed by atoms with Crippen molar-refractivity contribution in [2.24, 2.45) is 5.92 Å². The van der Waals surface area contributed by atoms with Crippen LogP contribution in [0.15, 0.2) is 24.4 Å². The summed E-state index contributed by atoms with van der Waals surface area (Å²) >= 11 is 0. The van der Waals surface area contributed by atoms with Crippen molar-refractivity contribution < 1.29 is 22.7 Å². The largest absolute Gasteiger partial charge is 0.490 e. The molecule has 4 heterocycles. The van der Waals surface area contributed by atoms with Gasteiger partial charge < -0.3 is 19.9 Å². The molecule has 3 aliphatic rings. The molecule has 0 saturated carbocycles. The van der Waals surface area contributed by atoms with Gasteiger partial charge in [-0.25, -0.2) is 0 Å². The maximum Gasteiger partial charge on any atom is 0.433 e. The number of fused-ring (bicyclic) bond motifs is 3. The summed E-state index contributed by atoms with van der Waals surface area (Å²) in [6.45, 7) is 5.70.